The molecule has 2 amide bonds. The van der Waals surface area contributed by atoms with E-state index in [0.29, 0.717) is 37.5 Å². The molecule has 8 nitrogen and oxygen atoms in total. The van der Waals surface area contributed by atoms with Gasteiger partial charge in [-0.05, 0) is 49.7 Å². The summed E-state index contributed by atoms with van der Waals surface area (Å²) in [6.07, 6.45) is 1.23. The van der Waals surface area contributed by atoms with Gasteiger partial charge in [0.05, 0.1) is 16.9 Å². The molecule has 3 aliphatic heterocycles. The molecule has 3 heterocycles. The van der Waals surface area contributed by atoms with E-state index in [1.807, 2.05) is 12.1 Å². The molecule has 12 heteroatoms. The highest BCUT2D eigenvalue weighted by Crippen LogP contribution is 2.45. The Labute approximate surface area is 218 Å². The first kappa shape index (κ1) is 25.9. The van der Waals surface area contributed by atoms with Crippen molar-refractivity contribution in [2.24, 2.45) is 0 Å². The van der Waals surface area contributed by atoms with Gasteiger partial charge in [-0.1, -0.05) is 11.6 Å². The zero-order valence-electron chi connectivity index (χ0n) is 19.9. The highest BCUT2D eigenvalue weighted by atomic mass is 35.5. The van der Waals surface area contributed by atoms with Crippen LogP contribution in [0, 0.1) is 11.6 Å². The number of halogens is 3. The van der Waals surface area contributed by atoms with Gasteiger partial charge in [0.15, 0.2) is 9.84 Å². The van der Waals surface area contributed by atoms with Crippen molar-refractivity contribution < 1.29 is 31.5 Å². The molecule has 0 aliphatic carbocycles. The van der Waals surface area contributed by atoms with Crippen molar-refractivity contribution in [1.82, 2.24) is 9.80 Å². The monoisotopic (exact) mass is 553 g/mol. The maximum absolute atomic E-state index is 14.7. The van der Waals surface area contributed by atoms with Gasteiger partial charge in [0, 0.05) is 42.5 Å². The fourth-order valence-corrected chi connectivity index (χ4v) is 6.62. The number of piperidine rings is 1. The standard InChI is InChI=1S/C25H26ClF2N3O5S/c26-16-1-2-21-18(13-16)25(24(33)29-21)3-5-30(6-4-25)7-10-36-17-14-19(27)22(20(28)15-17)23(32)31-8-11-37(34,35)12-9-31/h1-2,13-15H,3-12H2,(H,29,33). The van der Waals surface area contributed by atoms with Crippen LogP contribution >= 0.6 is 11.6 Å². The van der Waals surface area contributed by atoms with E-state index < -0.39 is 38.4 Å². The summed E-state index contributed by atoms with van der Waals surface area (Å²) in [6.45, 7) is 1.74. The van der Waals surface area contributed by atoms with Crippen molar-refractivity contribution in [3.8, 4) is 5.75 Å². The maximum Gasteiger partial charge on any atom is 0.259 e. The predicted molar refractivity (Wildman–Crippen MR) is 134 cm³/mol. The Bertz CT molecular complexity index is 1330. The van der Waals surface area contributed by atoms with Crippen LogP contribution in [-0.2, 0) is 20.0 Å². The minimum Gasteiger partial charge on any atom is -0.492 e. The molecule has 0 atom stereocenters. The summed E-state index contributed by atoms with van der Waals surface area (Å²) in [5, 5.41) is 3.53. The van der Waals surface area contributed by atoms with Crippen LogP contribution in [0.2, 0.25) is 5.02 Å². The van der Waals surface area contributed by atoms with E-state index in [4.69, 9.17) is 16.3 Å². The van der Waals surface area contributed by atoms with Gasteiger partial charge in [-0.2, -0.15) is 0 Å². The molecule has 1 N–H and O–H groups in total. The fourth-order valence-electron chi connectivity index (χ4n) is 5.24. The largest absolute Gasteiger partial charge is 0.492 e. The number of hydrogen-bond donors (Lipinski definition) is 1. The number of nitrogens with zero attached hydrogens (tertiary/aromatic N) is 2. The van der Waals surface area contributed by atoms with E-state index >= 15 is 0 Å². The summed E-state index contributed by atoms with van der Waals surface area (Å²) in [5.74, 6) is -3.52. The third-order valence-corrected chi connectivity index (χ3v) is 9.27. The Kier molecular flexibility index (Phi) is 6.88. The van der Waals surface area contributed by atoms with Gasteiger partial charge < -0.3 is 15.0 Å². The molecule has 0 radical (unpaired) electrons. The van der Waals surface area contributed by atoms with Crippen LogP contribution in [0.25, 0.3) is 0 Å². The summed E-state index contributed by atoms with van der Waals surface area (Å²) in [7, 11) is -3.23. The van der Waals surface area contributed by atoms with E-state index in [-0.39, 0.29) is 42.9 Å². The molecule has 0 saturated carbocycles. The molecule has 0 bridgehead atoms. The number of likely N-dealkylation sites (tertiary alicyclic amines) is 1. The Hall–Kier alpha value is -2.76. The molecule has 0 aromatic heterocycles. The molecule has 3 aliphatic rings. The number of carbonyl (C=O) groups excluding carboxylic acids is 2. The molecule has 2 aromatic rings. The lowest BCUT2D eigenvalue weighted by Gasteiger charge is -2.38. The Morgan fingerprint density at radius 3 is 2.35 bits per heavy atom. The topological polar surface area (TPSA) is 96.0 Å². The second-order valence-electron chi connectivity index (χ2n) is 9.62. The Morgan fingerprint density at radius 1 is 1.05 bits per heavy atom. The van der Waals surface area contributed by atoms with Crippen LogP contribution in [0.15, 0.2) is 30.3 Å². The van der Waals surface area contributed by atoms with Gasteiger partial charge >= 0.3 is 0 Å². The number of sulfone groups is 1. The van der Waals surface area contributed by atoms with Crippen molar-refractivity contribution in [2.75, 3.05) is 56.2 Å². The summed E-state index contributed by atoms with van der Waals surface area (Å²) in [5.41, 5.74) is 0.392. The number of nitrogens with one attached hydrogen (secondary N) is 1. The molecular weight excluding hydrogens is 528 g/mol. The van der Waals surface area contributed by atoms with Gasteiger partial charge in [0.25, 0.3) is 5.91 Å². The Balaban J connectivity index is 1.16. The average molecular weight is 554 g/mol. The summed E-state index contributed by atoms with van der Waals surface area (Å²) in [6, 6.07) is 7.34. The minimum atomic E-state index is -3.23. The number of hydrogen-bond acceptors (Lipinski definition) is 6. The summed E-state index contributed by atoms with van der Waals surface area (Å²) < 4.78 is 58.0. The first-order chi connectivity index (χ1) is 17.6. The van der Waals surface area contributed by atoms with E-state index in [2.05, 4.69) is 10.2 Å². The van der Waals surface area contributed by atoms with Crippen LogP contribution in [-0.4, -0.2) is 80.9 Å². The van der Waals surface area contributed by atoms with E-state index in [9.17, 15) is 26.8 Å². The van der Waals surface area contributed by atoms with Crippen LogP contribution in [0.1, 0.15) is 28.8 Å². The van der Waals surface area contributed by atoms with Crippen LogP contribution < -0.4 is 10.1 Å². The normalized spacial score (nSPS) is 20.5. The minimum absolute atomic E-state index is 0.0209. The average Bonchev–Trinajstić information content (AvgIpc) is 3.10. The van der Waals surface area contributed by atoms with Gasteiger partial charge in [-0.3, -0.25) is 14.5 Å². The quantitative estimate of drug-likeness (QED) is 0.612. The number of fused-ring (bicyclic) bond motifs is 2. The third-order valence-electron chi connectivity index (χ3n) is 7.43. The molecule has 37 heavy (non-hydrogen) atoms. The molecule has 0 unspecified atom stereocenters. The zero-order chi connectivity index (χ0) is 26.4. The maximum atomic E-state index is 14.7. The van der Waals surface area contributed by atoms with Gasteiger partial charge in [-0.15, -0.1) is 0 Å². The van der Waals surface area contributed by atoms with E-state index in [1.165, 1.54) is 0 Å². The van der Waals surface area contributed by atoms with Crippen molar-refractivity contribution in [3.63, 3.8) is 0 Å². The Morgan fingerprint density at radius 2 is 1.70 bits per heavy atom. The molecule has 5 rings (SSSR count). The molecule has 2 saturated heterocycles. The molecule has 198 valence electrons. The van der Waals surface area contributed by atoms with E-state index in [0.717, 1.165) is 28.3 Å². The SMILES string of the molecule is O=C(c1c(F)cc(OCCN2CCC3(CC2)C(=O)Nc2ccc(Cl)cc23)cc1F)N1CCS(=O)(=O)CC1. The predicted octanol–water partition coefficient (Wildman–Crippen LogP) is 2.85. The van der Waals surface area contributed by atoms with E-state index in [1.54, 1.807) is 6.07 Å². The number of ether oxygens (including phenoxy) is 1. The van der Waals surface area contributed by atoms with Gasteiger partial charge in [-0.25, -0.2) is 17.2 Å². The lowest BCUT2D eigenvalue weighted by molar-refractivity contribution is -0.122. The van der Waals surface area contributed by atoms with Crippen molar-refractivity contribution in [3.05, 3.63) is 58.1 Å². The van der Waals surface area contributed by atoms with Crippen molar-refractivity contribution >= 4 is 38.9 Å². The smallest absolute Gasteiger partial charge is 0.259 e. The first-order valence-corrected chi connectivity index (χ1v) is 14.2. The molecule has 1 spiro atoms. The highest BCUT2D eigenvalue weighted by Gasteiger charge is 2.48. The number of carbonyl (C=O) groups is 2. The van der Waals surface area contributed by atoms with Crippen LogP contribution in [0.4, 0.5) is 14.5 Å². The third kappa shape index (κ3) is 5.04. The van der Waals surface area contributed by atoms with Crippen LogP contribution in [0.5, 0.6) is 5.75 Å². The summed E-state index contributed by atoms with van der Waals surface area (Å²) in [4.78, 5) is 28.6. The zero-order valence-corrected chi connectivity index (χ0v) is 21.5. The molecule has 2 fully saturated rings. The number of benzene rings is 2. The second kappa shape index (κ2) is 9.85. The number of amides is 2. The first-order valence-electron chi connectivity index (χ1n) is 12.0. The lowest BCUT2D eigenvalue weighted by atomic mass is 9.73. The summed E-state index contributed by atoms with van der Waals surface area (Å²) >= 11 is 6.17. The van der Waals surface area contributed by atoms with Crippen molar-refractivity contribution in [1.29, 1.82) is 0 Å². The fraction of sp³-hybridized carbons (Fsp3) is 0.440. The molecule has 2 aromatic carbocycles. The highest BCUT2D eigenvalue weighted by molar-refractivity contribution is 7.91. The lowest BCUT2D eigenvalue weighted by Crippen LogP contribution is -2.47. The van der Waals surface area contributed by atoms with Crippen LogP contribution in [0.3, 0.4) is 0 Å². The van der Waals surface area contributed by atoms with Gasteiger partial charge in [0.1, 0.15) is 29.6 Å². The van der Waals surface area contributed by atoms with Gasteiger partial charge in [0.2, 0.25) is 5.91 Å². The second-order valence-corrected chi connectivity index (χ2v) is 12.4. The molecular formula is C25H26ClF2N3O5S. The van der Waals surface area contributed by atoms with Crippen molar-refractivity contribution in [2.45, 2.75) is 18.3 Å². The number of rotatable bonds is 5. The number of anilines is 1.